The van der Waals surface area contributed by atoms with Gasteiger partial charge in [-0.25, -0.2) is 0 Å². The van der Waals surface area contributed by atoms with Crippen molar-refractivity contribution in [2.24, 2.45) is 0 Å². The predicted molar refractivity (Wildman–Crippen MR) is 163 cm³/mol. The number of aliphatic hydroxyl groups is 1. The first kappa shape index (κ1) is 31.7. The van der Waals surface area contributed by atoms with Crippen molar-refractivity contribution in [1.82, 2.24) is 0 Å². The second kappa shape index (κ2) is 12.6. The Morgan fingerprint density at radius 1 is 0.944 bits per heavy atom. The molecule has 1 unspecified atom stereocenters. The van der Waals surface area contributed by atoms with Gasteiger partial charge < -0.3 is 14.0 Å². The summed E-state index contributed by atoms with van der Waals surface area (Å²) in [4.78, 5) is 1.16. The molecule has 36 heavy (non-hydrogen) atoms. The van der Waals surface area contributed by atoms with Crippen molar-refractivity contribution in [3.05, 3.63) is 56.2 Å². The lowest BCUT2D eigenvalue weighted by atomic mass is 9.96. The Morgan fingerprint density at radius 3 is 2.06 bits per heavy atom. The minimum absolute atomic E-state index is 0.172. The maximum absolute atomic E-state index is 11.4. The molecule has 0 saturated carbocycles. The van der Waals surface area contributed by atoms with Gasteiger partial charge in [-0.15, -0.1) is 11.3 Å². The molecule has 2 aromatic rings. The molecule has 0 spiro atoms. The molecule has 3 nitrogen and oxygen atoms in total. The molecule has 204 valence electrons. The van der Waals surface area contributed by atoms with Gasteiger partial charge in [0.2, 0.25) is 8.32 Å². The molecule has 0 radical (unpaired) electrons. The molecule has 1 aromatic carbocycles. The first-order valence-corrected chi connectivity index (χ1v) is 19.6. The first-order valence-electron chi connectivity index (χ1n) is 13.3. The summed E-state index contributed by atoms with van der Waals surface area (Å²) in [6.07, 6.45) is 0.0282. The Hall–Kier alpha value is -0.476. The van der Waals surface area contributed by atoms with E-state index in [4.69, 9.17) is 20.5 Å². The van der Waals surface area contributed by atoms with Crippen LogP contribution in [0.3, 0.4) is 0 Å². The topological polar surface area (TPSA) is 38.7 Å². The van der Waals surface area contributed by atoms with E-state index in [0.29, 0.717) is 34.9 Å². The summed E-state index contributed by atoms with van der Waals surface area (Å²) in [5, 5.41) is 14.2. The fourth-order valence-corrected chi connectivity index (χ4v) is 12.7. The third-order valence-corrected chi connectivity index (χ3v) is 20.0. The van der Waals surface area contributed by atoms with Crippen LogP contribution in [0.1, 0.15) is 90.0 Å². The molecular weight excluding hydrogens is 520 g/mol. The number of hydrogen-bond acceptors (Lipinski definition) is 4. The van der Waals surface area contributed by atoms with Crippen LogP contribution in [0, 0.1) is 0 Å². The van der Waals surface area contributed by atoms with Gasteiger partial charge in [0.05, 0.1) is 6.61 Å². The normalized spacial score (nSPS) is 14.3. The van der Waals surface area contributed by atoms with Crippen LogP contribution in [-0.2, 0) is 21.9 Å². The van der Waals surface area contributed by atoms with Crippen LogP contribution in [-0.4, -0.2) is 28.3 Å². The van der Waals surface area contributed by atoms with Crippen molar-refractivity contribution < 1.29 is 14.0 Å². The number of aliphatic hydroxyl groups excluding tert-OH is 1. The van der Waals surface area contributed by atoms with Gasteiger partial charge in [0, 0.05) is 16.5 Å². The first-order chi connectivity index (χ1) is 16.5. The second-order valence-electron chi connectivity index (χ2n) is 12.6. The number of rotatable bonds is 12. The molecular formula is C29H49ClO3SSi2. The highest BCUT2D eigenvalue weighted by molar-refractivity contribution is 7.10. The molecule has 0 aliphatic rings. The predicted octanol–water partition coefficient (Wildman–Crippen LogP) is 9.74. The van der Waals surface area contributed by atoms with Crippen molar-refractivity contribution in [2.75, 3.05) is 6.61 Å². The van der Waals surface area contributed by atoms with Crippen molar-refractivity contribution >= 4 is 39.6 Å². The fourth-order valence-electron chi connectivity index (χ4n) is 5.17. The number of benzene rings is 1. The van der Waals surface area contributed by atoms with Gasteiger partial charge in [0.1, 0.15) is 6.10 Å². The lowest BCUT2D eigenvalue weighted by molar-refractivity contribution is 0.218. The largest absolute Gasteiger partial charge is 0.416 e. The highest BCUT2D eigenvalue weighted by Crippen LogP contribution is 2.43. The Morgan fingerprint density at radius 2 is 1.53 bits per heavy atom. The maximum atomic E-state index is 11.4. The number of hydrogen-bond donors (Lipinski definition) is 1. The smallest absolute Gasteiger partial charge is 0.200 e. The van der Waals surface area contributed by atoms with E-state index in [1.54, 1.807) is 11.3 Å². The van der Waals surface area contributed by atoms with E-state index < -0.39 is 22.7 Å². The molecule has 0 amide bonds. The standard InChI is InChI=1S/C29H49ClO3SSi2/c1-20(2)36(21(3)4,22(5)6)33-18-26-16-24(19-34-26)28(31)27-17-25(30)13-12-23(27)14-15-32-35(10,11)29(7,8)9/h12-13,16-17,19-22,28,31H,14-15,18H2,1-11H3. The van der Waals surface area contributed by atoms with E-state index in [2.05, 4.69) is 86.9 Å². The average Bonchev–Trinajstić information content (AvgIpc) is 3.22. The van der Waals surface area contributed by atoms with Crippen LogP contribution in [0.15, 0.2) is 29.6 Å². The average molecular weight is 569 g/mol. The number of thiophene rings is 1. The molecule has 0 aliphatic heterocycles. The van der Waals surface area contributed by atoms with Crippen molar-refractivity contribution in [2.45, 2.75) is 116 Å². The molecule has 1 heterocycles. The molecule has 1 N–H and O–H groups in total. The SMILES string of the molecule is CC(C)[Si](OCc1cc(C(O)c2cc(Cl)ccc2CCO[Si](C)(C)C(C)(C)C)cs1)(C(C)C)C(C)C. The maximum Gasteiger partial charge on any atom is 0.200 e. The Labute approximate surface area is 231 Å². The van der Waals surface area contributed by atoms with Crippen molar-refractivity contribution in [1.29, 1.82) is 0 Å². The summed E-state index contributed by atoms with van der Waals surface area (Å²) in [6.45, 7) is 26.4. The summed E-state index contributed by atoms with van der Waals surface area (Å²) < 4.78 is 13.2. The van der Waals surface area contributed by atoms with Crippen molar-refractivity contribution in [3.8, 4) is 0 Å². The Balaban J connectivity index is 2.19. The lowest BCUT2D eigenvalue weighted by Crippen LogP contribution is -2.47. The third kappa shape index (κ3) is 7.34. The zero-order valence-corrected chi connectivity index (χ0v) is 27.9. The van der Waals surface area contributed by atoms with E-state index in [9.17, 15) is 5.11 Å². The summed E-state index contributed by atoms with van der Waals surface area (Å²) in [6, 6.07) is 7.93. The molecule has 1 atom stereocenters. The molecule has 7 heteroatoms. The van der Waals surface area contributed by atoms with E-state index in [0.717, 1.165) is 28.0 Å². The van der Waals surface area contributed by atoms with Gasteiger partial charge in [-0.1, -0.05) is 80.0 Å². The fraction of sp³-hybridized carbons (Fsp3) is 0.655. The third-order valence-electron chi connectivity index (χ3n) is 8.20. The molecule has 0 bridgehead atoms. The van der Waals surface area contributed by atoms with Gasteiger partial charge in [-0.3, -0.25) is 0 Å². The van der Waals surface area contributed by atoms with Crippen molar-refractivity contribution in [3.63, 3.8) is 0 Å². The molecule has 0 fully saturated rings. The summed E-state index contributed by atoms with van der Waals surface area (Å²) in [5.74, 6) is 0. The van der Waals surface area contributed by atoms with Gasteiger partial charge >= 0.3 is 0 Å². The molecule has 2 rings (SSSR count). The molecule has 1 aromatic heterocycles. The lowest BCUT2D eigenvalue weighted by Gasteiger charge is -2.42. The van der Waals surface area contributed by atoms with Crippen LogP contribution >= 0.6 is 22.9 Å². The molecule has 0 saturated heterocycles. The quantitative estimate of drug-likeness (QED) is 0.259. The van der Waals surface area contributed by atoms with Crippen LogP contribution in [0.25, 0.3) is 0 Å². The van der Waals surface area contributed by atoms with E-state index in [-0.39, 0.29) is 5.04 Å². The van der Waals surface area contributed by atoms with Crippen LogP contribution in [0.2, 0.25) is 39.8 Å². The zero-order valence-electron chi connectivity index (χ0n) is 24.4. The number of halogens is 1. The minimum atomic E-state index is -1.94. The van der Waals surface area contributed by atoms with Gasteiger partial charge in [0.15, 0.2) is 8.32 Å². The molecule has 0 aliphatic carbocycles. The summed E-state index contributed by atoms with van der Waals surface area (Å²) in [7, 11) is -3.76. The van der Waals surface area contributed by atoms with Crippen LogP contribution < -0.4 is 0 Å². The minimum Gasteiger partial charge on any atom is -0.416 e. The van der Waals surface area contributed by atoms with E-state index in [1.807, 2.05) is 18.2 Å². The van der Waals surface area contributed by atoms with Gasteiger partial charge in [-0.2, -0.15) is 0 Å². The highest BCUT2D eigenvalue weighted by atomic mass is 35.5. The van der Waals surface area contributed by atoms with Gasteiger partial charge in [0.25, 0.3) is 0 Å². The Bertz CT molecular complexity index is 957. The van der Waals surface area contributed by atoms with Crippen LogP contribution in [0.5, 0.6) is 0 Å². The van der Waals surface area contributed by atoms with Gasteiger partial charge in [-0.05, 0) is 81.4 Å². The second-order valence-corrected chi connectivity index (χ2v) is 24.3. The monoisotopic (exact) mass is 568 g/mol. The van der Waals surface area contributed by atoms with E-state index in [1.165, 1.54) is 0 Å². The Kier molecular flexibility index (Phi) is 11.1. The summed E-state index contributed by atoms with van der Waals surface area (Å²) in [5.41, 5.74) is 4.49. The summed E-state index contributed by atoms with van der Waals surface area (Å²) >= 11 is 8.03. The zero-order chi connectivity index (χ0) is 27.5. The van der Waals surface area contributed by atoms with Crippen LogP contribution in [0.4, 0.5) is 0 Å². The van der Waals surface area contributed by atoms with E-state index >= 15 is 0 Å². The highest BCUT2D eigenvalue weighted by Gasteiger charge is 2.45.